The minimum atomic E-state index is -0.645. The molecule has 1 aromatic carbocycles. The van der Waals surface area contributed by atoms with Crippen molar-refractivity contribution in [3.63, 3.8) is 0 Å². The molecule has 8 nitrogen and oxygen atoms in total. The summed E-state index contributed by atoms with van der Waals surface area (Å²) in [5.74, 6) is -0.673. The number of anilines is 1. The molecule has 1 unspecified atom stereocenters. The van der Waals surface area contributed by atoms with Crippen molar-refractivity contribution in [1.82, 2.24) is 19.8 Å². The van der Waals surface area contributed by atoms with Crippen LogP contribution in [0.3, 0.4) is 0 Å². The van der Waals surface area contributed by atoms with Gasteiger partial charge in [0, 0.05) is 38.6 Å². The van der Waals surface area contributed by atoms with Gasteiger partial charge in [0.05, 0.1) is 16.7 Å². The molecule has 0 aliphatic carbocycles. The number of piperidine rings is 1. The number of rotatable bonds is 2. The molecular weight excluding hydrogens is 346 g/mol. The highest BCUT2D eigenvalue weighted by atomic mass is 16.2. The molecule has 0 saturated carbocycles. The number of para-hydroxylation sites is 1. The predicted octanol–water partition coefficient (Wildman–Crippen LogP) is 0.258. The normalized spacial score (nSPS) is 28.0. The number of imidazole rings is 1. The van der Waals surface area contributed by atoms with E-state index in [0.717, 1.165) is 29.8 Å². The molecule has 1 aromatic heterocycles. The van der Waals surface area contributed by atoms with Gasteiger partial charge in [-0.1, -0.05) is 6.07 Å². The van der Waals surface area contributed by atoms with Gasteiger partial charge in [-0.3, -0.25) is 24.0 Å². The number of carbonyl (C=O) groups excluding carboxylic acids is 2. The SMILES string of the molecule is Cn1c(=O)n(C2CCC(=O)NC2=O)c2cccc(N3C[C@H]4CC[C@@H](C3)N4)c21. The van der Waals surface area contributed by atoms with Crippen molar-refractivity contribution in [3.8, 4) is 0 Å². The lowest BCUT2D eigenvalue weighted by Gasteiger charge is -2.35. The van der Waals surface area contributed by atoms with Crippen LogP contribution in [0, 0.1) is 0 Å². The summed E-state index contributed by atoms with van der Waals surface area (Å²) in [6.45, 7) is 1.85. The molecule has 3 atom stereocenters. The quantitative estimate of drug-likeness (QED) is 0.742. The van der Waals surface area contributed by atoms with Gasteiger partial charge in [-0.25, -0.2) is 4.79 Å². The Hall–Kier alpha value is -2.61. The highest BCUT2D eigenvalue weighted by Crippen LogP contribution is 2.32. The third-order valence-electron chi connectivity index (χ3n) is 6.16. The fraction of sp³-hybridized carbons (Fsp3) is 0.526. The molecule has 0 radical (unpaired) electrons. The molecule has 2 aromatic rings. The maximum absolute atomic E-state index is 13.0. The van der Waals surface area contributed by atoms with Crippen molar-refractivity contribution in [2.45, 2.75) is 43.8 Å². The van der Waals surface area contributed by atoms with Crippen molar-refractivity contribution in [2.24, 2.45) is 7.05 Å². The van der Waals surface area contributed by atoms with Crippen molar-refractivity contribution >= 4 is 28.5 Å². The number of imide groups is 1. The predicted molar refractivity (Wildman–Crippen MR) is 101 cm³/mol. The Kier molecular flexibility index (Phi) is 3.65. The summed E-state index contributed by atoms with van der Waals surface area (Å²) >= 11 is 0. The number of piperazine rings is 1. The molecule has 27 heavy (non-hydrogen) atoms. The first-order valence-corrected chi connectivity index (χ1v) is 9.57. The van der Waals surface area contributed by atoms with Gasteiger partial charge in [0.15, 0.2) is 0 Å². The van der Waals surface area contributed by atoms with Gasteiger partial charge in [0.1, 0.15) is 6.04 Å². The van der Waals surface area contributed by atoms with Gasteiger partial charge in [-0.15, -0.1) is 0 Å². The van der Waals surface area contributed by atoms with E-state index in [1.54, 1.807) is 16.2 Å². The zero-order valence-corrected chi connectivity index (χ0v) is 15.3. The summed E-state index contributed by atoms with van der Waals surface area (Å²) in [4.78, 5) is 39.2. The molecule has 142 valence electrons. The number of fused-ring (bicyclic) bond motifs is 3. The number of carbonyl (C=O) groups is 2. The van der Waals surface area contributed by atoms with Gasteiger partial charge in [0.25, 0.3) is 0 Å². The molecule has 3 fully saturated rings. The average Bonchev–Trinajstić information content (AvgIpc) is 3.12. The van der Waals surface area contributed by atoms with Crippen LogP contribution < -0.4 is 21.2 Å². The zero-order valence-electron chi connectivity index (χ0n) is 15.3. The number of aromatic nitrogens is 2. The zero-order chi connectivity index (χ0) is 18.7. The van der Waals surface area contributed by atoms with E-state index in [1.165, 1.54) is 12.8 Å². The van der Waals surface area contributed by atoms with Crippen LogP contribution >= 0.6 is 0 Å². The Bertz CT molecular complexity index is 995. The molecule has 2 N–H and O–H groups in total. The largest absolute Gasteiger partial charge is 0.367 e. The minimum Gasteiger partial charge on any atom is -0.367 e. The van der Waals surface area contributed by atoms with E-state index in [2.05, 4.69) is 21.6 Å². The summed E-state index contributed by atoms with van der Waals surface area (Å²) in [7, 11) is 1.76. The van der Waals surface area contributed by atoms with Crippen LogP contribution in [0.5, 0.6) is 0 Å². The van der Waals surface area contributed by atoms with E-state index in [0.29, 0.717) is 18.5 Å². The maximum Gasteiger partial charge on any atom is 0.329 e. The number of nitrogens with zero attached hydrogens (tertiary/aromatic N) is 3. The first-order valence-electron chi connectivity index (χ1n) is 9.57. The first kappa shape index (κ1) is 16.6. The molecule has 0 spiro atoms. The number of aryl methyl sites for hydroxylation is 1. The standard InChI is InChI=1S/C19H23N5O3/c1-22-17-13(23-9-11-5-6-12(10-23)20-11)3-2-4-14(17)24(19(22)27)15-7-8-16(25)21-18(15)26/h2-4,11-12,15,20H,5-10H2,1H3,(H,21,25,26)/t11-,12+,15?. The summed E-state index contributed by atoms with van der Waals surface area (Å²) in [5.41, 5.74) is 2.43. The highest BCUT2D eigenvalue weighted by Gasteiger charge is 2.35. The van der Waals surface area contributed by atoms with Crippen molar-refractivity contribution in [3.05, 3.63) is 28.7 Å². The lowest BCUT2D eigenvalue weighted by molar-refractivity contribution is -0.135. The van der Waals surface area contributed by atoms with Crippen LogP contribution in [0.15, 0.2) is 23.0 Å². The molecule has 3 saturated heterocycles. The van der Waals surface area contributed by atoms with E-state index < -0.39 is 11.9 Å². The van der Waals surface area contributed by atoms with Gasteiger partial charge in [-0.05, 0) is 31.4 Å². The average molecular weight is 369 g/mol. The summed E-state index contributed by atoms with van der Waals surface area (Å²) < 4.78 is 3.19. The molecular formula is C19H23N5O3. The topological polar surface area (TPSA) is 88.4 Å². The van der Waals surface area contributed by atoms with Crippen LogP contribution in [0.4, 0.5) is 5.69 Å². The first-order chi connectivity index (χ1) is 13.0. The minimum absolute atomic E-state index is 0.218. The lowest BCUT2D eigenvalue weighted by atomic mass is 10.1. The molecule has 2 bridgehead atoms. The fourth-order valence-electron chi connectivity index (χ4n) is 4.90. The summed E-state index contributed by atoms with van der Waals surface area (Å²) in [6, 6.07) is 6.24. The van der Waals surface area contributed by atoms with Crippen LogP contribution in [0.2, 0.25) is 0 Å². The number of amides is 2. The van der Waals surface area contributed by atoms with Gasteiger partial charge >= 0.3 is 5.69 Å². The Morgan fingerprint density at radius 3 is 2.48 bits per heavy atom. The van der Waals surface area contributed by atoms with E-state index in [4.69, 9.17) is 0 Å². The Labute approximate surface area is 156 Å². The van der Waals surface area contributed by atoms with E-state index in [9.17, 15) is 14.4 Å². The Morgan fingerprint density at radius 2 is 1.78 bits per heavy atom. The van der Waals surface area contributed by atoms with Crippen LogP contribution in [0.25, 0.3) is 11.0 Å². The molecule has 8 heteroatoms. The Balaban J connectivity index is 1.63. The van der Waals surface area contributed by atoms with E-state index in [1.807, 2.05) is 12.1 Å². The number of benzene rings is 1. The molecule has 2 amide bonds. The summed E-state index contributed by atoms with van der Waals surface area (Å²) in [6.07, 6.45) is 2.98. The number of hydrogen-bond donors (Lipinski definition) is 2. The second-order valence-electron chi connectivity index (χ2n) is 7.87. The summed E-state index contributed by atoms with van der Waals surface area (Å²) in [5, 5.41) is 5.99. The van der Waals surface area contributed by atoms with Crippen LogP contribution in [-0.4, -0.2) is 46.1 Å². The molecule has 3 aliphatic heterocycles. The third kappa shape index (κ3) is 2.50. The number of hydrogen-bond acceptors (Lipinski definition) is 5. The second-order valence-corrected chi connectivity index (χ2v) is 7.87. The van der Waals surface area contributed by atoms with Crippen molar-refractivity contribution < 1.29 is 9.59 Å². The van der Waals surface area contributed by atoms with Crippen LogP contribution in [-0.2, 0) is 16.6 Å². The van der Waals surface area contributed by atoms with Crippen LogP contribution in [0.1, 0.15) is 31.7 Å². The lowest BCUT2D eigenvalue weighted by Crippen LogP contribution is -2.51. The van der Waals surface area contributed by atoms with E-state index in [-0.39, 0.29) is 18.0 Å². The highest BCUT2D eigenvalue weighted by molar-refractivity contribution is 6.00. The Morgan fingerprint density at radius 1 is 1.04 bits per heavy atom. The van der Waals surface area contributed by atoms with Gasteiger partial charge in [0.2, 0.25) is 11.8 Å². The number of nitrogens with one attached hydrogen (secondary N) is 2. The van der Waals surface area contributed by atoms with Crippen molar-refractivity contribution in [2.75, 3.05) is 18.0 Å². The smallest absolute Gasteiger partial charge is 0.329 e. The molecule has 4 heterocycles. The van der Waals surface area contributed by atoms with E-state index >= 15 is 0 Å². The van der Waals surface area contributed by atoms with Crippen molar-refractivity contribution in [1.29, 1.82) is 0 Å². The fourth-order valence-corrected chi connectivity index (χ4v) is 4.90. The molecule has 3 aliphatic rings. The second kappa shape index (κ2) is 5.95. The molecule has 5 rings (SSSR count). The monoisotopic (exact) mass is 369 g/mol. The third-order valence-corrected chi connectivity index (χ3v) is 6.16. The van der Waals surface area contributed by atoms with Gasteiger partial charge < -0.3 is 10.2 Å². The van der Waals surface area contributed by atoms with Gasteiger partial charge in [-0.2, -0.15) is 0 Å². The maximum atomic E-state index is 13.0.